The summed E-state index contributed by atoms with van der Waals surface area (Å²) in [5, 5.41) is 5.25. The van der Waals surface area contributed by atoms with Crippen LogP contribution in [0.5, 0.6) is 5.75 Å². The number of carbonyl (C=O) groups is 1. The summed E-state index contributed by atoms with van der Waals surface area (Å²) in [6, 6.07) is 17.9. The van der Waals surface area contributed by atoms with Crippen LogP contribution < -0.4 is 10.1 Å². The fourth-order valence-corrected chi connectivity index (χ4v) is 3.68. The van der Waals surface area contributed by atoms with Crippen LogP contribution in [0.4, 0.5) is 5.13 Å². The number of nitrogens with zero attached hydrogens (tertiary/aromatic N) is 1. The van der Waals surface area contributed by atoms with Gasteiger partial charge in [0.05, 0.1) is 12.8 Å². The van der Waals surface area contributed by atoms with Crippen molar-refractivity contribution in [1.29, 1.82) is 0 Å². The van der Waals surface area contributed by atoms with Gasteiger partial charge in [-0.25, -0.2) is 4.98 Å². The number of methoxy groups -OCH3 is 1. The Labute approximate surface area is 201 Å². The summed E-state index contributed by atoms with van der Waals surface area (Å²) in [6.07, 6.45) is 12.7. The molecule has 1 aliphatic rings. The van der Waals surface area contributed by atoms with Crippen molar-refractivity contribution in [2.24, 2.45) is 0 Å². The SMILES string of the molecule is COc1ccc(-c2csc(NC(=O)/C=C/c3cc[c-]cc3)n2)cc1.[CH-]1CCCCC1.[Os+]. The van der Waals surface area contributed by atoms with E-state index in [1.165, 1.54) is 49.5 Å². The van der Waals surface area contributed by atoms with Crippen molar-refractivity contribution in [2.75, 3.05) is 12.4 Å². The van der Waals surface area contributed by atoms with Crippen LogP contribution in [0.2, 0.25) is 0 Å². The first-order valence-corrected chi connectivity index (χ1v) is 11.0. The molecule has 1 aliphatic carbocycles. The van der Waals surface area contributed by atoms with Gasteiger partial charge in [-0.3, -0.25) is 10.1 Å². The van der Waals surface area contributed by atoms with Gasteiger partial charge in [0, 0.05) is 17.0 Å². The van der Waals surface area contributed by atoms with Gasteiger partial charge in [-0.05, 0) is 24.3 Å². The number of thiazole rings is 1. The predicted molar refractivity (Wildman–Crippen MR) is 124 cm³/mol. The van der Waals surface area contributed by atoms with Crippen molar-refractivity contribution in [3.05, 3.63) is 78.0 Å². The Balaban J connectivity index is 0.000000422. The van der Waals surface area contributed by atoms with Crippen molar-refractivity contribution in [3.63, 3.8) is 0 Å². The maximum atomic E-state index is 12.0. The molecule has 0 saturated heterocycles. The second-order valence-electron chi connectivity index (χ2n) is 6.85. The van der Waals surface area contributed by atoms with E-state index in [4.69, 9.17) is 4.74 Å². The molecule has 0 unspecified atom stereocenters. The van der Waals surface area contributed by atoms with Crippen LogP contribution >= 0.6 is 11.3 Å². The Morgan fingerprint density at radius 2 is 1.84 bits per heavy atom. The first-order chi connectivity index (χ1) is 14.7. The van der Waals surface area contributed by atoms with E-state index in [1.54, 1.807) is 25.3 Å². The summed E-state index contributed by atoms with van der Waals surface area (Å²) in [5.74, 6) is 0.588. The molecule has 1 saturated carbocycles. The molecule has 1 aromatic heterocycles. The summed E-state index contributed by atoms with van der Waals surface area (Å²) in [4.78, 5) is 16.4. The normalized spacial score (nSPS) is 12.9. The molecule has 4 rings (SSSR count). The van der Waals surface area contributed by atoms with Crippen molar-refractivity contribution in [1.82, 2.24) is 4.98 Å². The number of hydrogen-bond donors (Lipinski definition) is 1. The number of rotatable bonds is 5. The minimum Gasteiger partial charge on any atom is -0.497 e. The zero-order chi connectivity index (χ0) is 21.0. The van der Waals surface area contributed by atoms with Crippen LogP contribution in [0.1, 0.15) is 37.7 Å². The largest absolute Gasteiger partial charge is 1.00 e. The van der Waals surface area contributed by atoms with Gasteiger partial charge in [0.2, 0.25) is 5.91 Å². The summed E-state index contributed by atoms with van der Waals surface area (Å²) in [5.41, 5.74) is 2.74. The molecular formula is C25H26N2O2OsS-. The first-order valence-electron chi connectivity index (χ1n) is 10.1. The smallest absolute Gasteiger partial charge is 0.497 e. The van der Waals surface area contributed by atoms with Gasteiger partial charge in [0.25, 0.3) is 0 Å². The minimum absolute atomic E-state index is 0. The first kappa shape index (κ1) is 25.0. The number of amides is 1. The van der Waals surface area contributed by atoms with E-state index in [-0.39, 0.29) is 25.7 Å². The third-order valence-electron chi connectivity index (χ3n) is 4.61. The second-order valence-corrected chi connectivity index (χ2v) is 7.71. The average molecular weight is 609 g/mol. The quantitative estimate of drug-likeness (QED) is 0.269. The molecule has 1 radical (unpaired) electrons. The molecule has 3 aromatic rings. The van der Waals surface area contributed by atoms with E-state index in [0.717, 1.165) is 22.6 Å². The van der Waals surface area contributed by atoms with Crippen molar-refractivity contribution < 1.29 is 29.3 Å². The number of nitrogens with one attached hydrogen (secondary N) is 1. The molecule has 6 heteroatoms. The van der Waals surface area contributed by atoms with Gasteiger partial charge in [0.1, 0.15) is 5.75 Å². The molecule has 31 heavy (non-hydrogen) atoms. The van der Waals surface area contributed by atoms with E-state index in [0.29, 0.717) is 5.13 Å². The minimum atomic E-state index is -0.210. The zero-order valence-corrected chi connectivity index (χ0v) is 20.8. The molecule has 1 amide bonds. The summed E-state index contributed by atoms with van der Waals surface area (Å²) < 4.78 is 5.14. The number of hydrogen-bond acceptors (Lipinski definition) is 4. The standard InChI is InChI=1S/C19H15N2O2S.C6H11.Os/c1-23-16-10-8-15(9-11-16)17-13-24-19(20-17)21-18(22)12-7-14-5-3-2-4-6-14;1-2-4-6-5-3-1;/h3-13H,1H3,(H,20,21,22);1H,2-6H2;/q2*-1;+1/b12-7+;;. The number of benzene rings is 2. The molecule has 163 valence electrons. The topological polar surface area (TPSA) is 51.2 Å². The van der Waals surface area contributed by atoms with Crippen molar-refractivity contribution in [3.8, 4) is 17.0 Å². The maximum Gasteiger partial charge on any atom is 1.00 e. The second kappa shape index (κ2) is 13.9. The van der Waals surface area contributed by atoms with Crippen LogP contribution in [0.15, 0.2) is 60.0 Å². The number of ether oxygens (including phenoxy) is 1. The van der Waals surface area contributed by atoms with Crippen LogP contribution in [-0.2, 0) is 24.6 Å². The van der Waals surface area contributed by atoms with E-state index in [1.807, 2.05) is 41.8 Å². The third kappa shape index (κ3) is 8.77. The Morgan fingerprint density at radius 3 is 2.42 bits per heavy atom. The van der Waals surface area contributed by atoms with Crippen molar-refractivity contribution in [2.45, 2.75) is 32.1 Å². The van der Waals surface area contributed by atoms with Gasteiger partial charge < -0.3 is 11.2 Å². The molecule has 0 atom stereocenters. The maximum absolute atomic E-state index is 12.0. The molecular weight excluding hydrogens is 583 g/mol. The van der Waals surface area contributed by atoms with Gasteiger partial charge in [0.15, 0.2) is 5.13 Å². The van der Waals surface area contributed by atoms with E-state index >= 15 is 0 Å². The Morgan fingerprint density at radius 1 is 1.13 bits per heavy atom. The molecule has 1 fully saturated rings. The monoisotopic (exact) mass is 610 g/mol. The number of anilines is 1. The summed E-state index contributed by atoms with van der Waals surface area (Å²) in [6.45, 7) is 0. The number of carbonyl (C=O) groups excluding carboxylic acids is 1. The summed E-state index contributed by atoms with van der Waals surface area (Å²) >= 11 is 1.39. The Bertz CT molecular complexity index is 924. The zero-order valence-electron chi connectivity index (χ0n) is 17.5. The van der Waals surface area contributed by atoms with Gasteiger partial charge in [-0.2, -0.15) is 43.2 Å². The Kier molecular flexibility index (Phi) is 11.2. The molecule has 0 aliphatic heterocycles. The van der Waals surface area contributed by atoms with E-state index in [2.05, 4.69) is 22.8 Å². The van der Waals surface area contributed by atoms with E-state index in [9.17, 15) is 4.79 Å². The fourth-order valence-electron chi connectivity index (χ4n) is 2.95. The Hall–Kier alpha value is -2.28. The molecule has 1 N–H and O–H groups in total. The molecule has 0 bridgehead atoms. The van der Waals surface area contributed by atoms with E-state index < -0.39 is 0 Å². The number of aromatic nitrogens is 1. The van der Waals surface area contributed by atoms with Gasteiger partial charge in [-0.15, -0.1) is 16.9 Å². The summed E-state index contributed by atoms with van der Waals surface area (Å²) in [7, 11) is 1.63. The van der Waals surface area contributed by atoms with Crippen LogP contribution in [0.3, 0.4) is 0 Å². The predicted octanol–water partition coefficient (Wildman–Crippen LogP) is 6.42. The third-order valence-corrected chi connectivity index (χ3v) is 5.37. The molecule has 0 spiro atoms. The molecule has 4 nitrogen and oxygen atoms in total. The van der Waals surface area contributed by atoms with Gasteiger partial charge >= 0.3 is 19.8 Å². The van der Waals surface area contributed by atoms with Crippen LogP contribution in [0, 0.1) is 12.5 Å². The molecule has 1 heterocycles. The van der Waals surface area contributed by atoms with Crippen LogP contribution in [0.25, 0.3) is 17.3 Å². The van der Waals surface area contributed by atoms with Crippen molar-refractivity contribution >= 4 is 28.5 Å². The van der Waals surface area contributed by atoms with Gasteiger partial charge in [-0.1, -0.05) is 25.3 Å². The molecule has 2 aromatic carbocycles. The average Bonchev–Trinajstić information content (AvgIpc) is 3.28. The fraction of sp³-hybridized carbons (Fsp3) is 0.240. The van der Waals surface area contributed by atoms with Crippen LogP contribution in [-0.4, -0.2) is 18.0 Å².